The summed E-state index contributed by atoms with van der Waals surface area (Å²) < 4.78 is 8.53. The summed E-state index contributed by atoms with van der Waals surface area (Å²) in [4.78, 5) is 43.6. The van der Waals surface area contributed by atoms with Crippen molar-refractivity contribution < 1.29 is 19.1 Å². The molecule has 1 aliphatic heterocycles. The molecule has 3 aromatic rings. The highest BCUT2D eigenvalue weighted by molar-refractivity contribution is 7.98. The van der Waals surface area contributed by atoms with E-state index < -0.39 is 17.7 Å². The molecule has 0 fully saturated rings. The number of hydrogen-bond acceptors (Lipinski definition) is 6. The van der Waals surface area contributed by atoms with Gasteiger partial charge in [-0.1, -0.05) is 23.5 Å². The molecule has 2 aromatic carbocycles. The molecule has 0 saturated carbocycles. The lowest BCUT2D eigenvalue weighted by atomic mass is 10.1. The zero-order valence-corrected chi connectivity index (χ0v) is 18.8. The summed E-state index contributed by atoms with van der Waals surface area (Å²) >= 11 is 3.09. The minimum atomic E-state index is -0.538. The lowest BCUT2D eigenvalue weighted by molar-refractivity contribution is -0.118. The fourth-order valence-electron chi connectivity index (χ4n) is 3.45. The number of thioether (sulfide) groups is 1. The van der Waals surface area contributed by atoms with Gasteiger partial charge in [0.25, 0.3) is 17.7 Å². The van der Waals surface area contributed by atoms with E-state index in [2.05, 4.69) is 4.99 Å². The van der Waals surface area contributed by atoms with Crippen LogP contribution in [0.4, 0.5) is 0 Å². The van der Waals surface area contributed by atoms with Crippen LogP contribution in [0.2, 0.25) is 0 Å². The summed E-state index contributed by atoms with van der Waals surface area (Å²) in [6.07, 6.45) is 2.02. The molecule has 3 amide bonds. The van der Waals surface area contributed by atoms with E-state index in [9.17, 15) is 14.4 Å². The molecule has 9 heteroatoms. The van der Waals surface area contributed by atoms with Gasteiger partial charge in [0.1, 0.15) is 12.3 Å². The second kappa shape index (κ2) is 9.07. The maximum absolute atomic E-state index is 12.7. The maximum atomic E-state index is 12.7. The lowest BCUT2D eigenvalue weighted by Crippen LogP contribution is -2.35. The first-order valence-electron chi connectivity index (χ1n) is 9.81. The number of fused-ring (bicyclic) bond motifs is 2. The number of carbonyl (C=O) groups is 3. The van der Waals surface area contributed by atoms with Gasteiger partial charge in [-0.3, -0.25) is 19.3 Å². The van der Waals surface area contributed by atoms with Crippen LogP contribution in [0.1, 0.15) is 27.6 Å². The van der Waals surface area contributed by atoms with Crippen molar-refractivity contribution in [2.45, 2.75) is 13.5 Å². The number of amides is 3. The van der Waals surface area contributed by atoms with Crippen molar-refractivity contribution in [3.05, 3.63) is 58.4 Å². The second-order valence-corrected chi connectivity index (χ2v) is 8.83. The van der Waals surface area contributed by atoms with Gasteiger partial charge in [-0.05, 0) is 43.5 Å². The molecule has 0 aliphatic carbocycles. The molecule has 0 N–H and O–H groups in total. The van der Waals surface area contributed by atoms with E-state index in [0.29, 0.717) is 29.1 Å². The average molecular weight is 456 g/mol. The molecule has 0 bridgehead atoms. The first-order valence-corrected chi connectivity index (χ1v) is 12.0. The van der Waals surface area contributed by atoms with E-state index in [-0.39, 0.29) is 6.54 Å². The number of aryl methyl sites for hydroxylation is 1. The fraction of sp³-hybridized carbons (Fsp3) is 0.273. The Bertz CT molecular complexity index is 1210. The smallest absolute Gasteiger partial charge is 0.268 e. The number of imide groups is 1. The van der Waals surface area contributed by atoms with Gasteiger partial charge in [0.05, 0.1) is 28.0 Å². The van der Waals surface area contributed by atoms with E-state index in [4.69, 9.17) is 4.74 Å². The molecule has 160 valence electrons. The molecule has 1 aromatic heterocycles. The van der Waals surface area contributed by atoms with Gasteiger partial charge >= 0.3 is 0 Å². The van der Waals surface area contributed by atoms with Crippen molar-refractivity contribution in [1.82, 2.24) is 9.47 Å². The first kappa shape index (κ1) is 21.3. The van der Waals surface area contributed by atoms with E-state index in [0.717, 1.165) is 26.6 Å². The SMILES string of the molecule is CCOc1ccc2c(c1)sc(=NC(=O)CN1C(=O)c3ccccc3C1=O)n2CCSC. The Morgan fingerprint density at radius 3 is 2.48 bits per heavy atom. The largest absolute Gasteiger partial charge is 0.494 e. The van der Waals surface area contributed by atoms with Crippen LogP contribution in [0.25, 0.3) is 10.2 Å². The number of carbonyl (C=O) groups excluding carboxylic acids is 3. The molecule has 4 rings (SSSR count). The summed E-state index contributed by atoms with van der Waals surface area (Å²) in [7, 11) is 0. The zero-order valence-electron chi connectivity index (χ0n) is 17.2. The Kier molecular flexibility index (Phi) is 6.24. The van der Waals surface area contributed by atoms with Crippen molar-refractivity contribution in [2.24, 2.45) is 4.99 Å². The molecule has 1 aliphatic rings. The predicted octanol–water partition coefficient (Wildman–Crippen LogP) is 3.19. The van der Waals surface area contributed by atoms with Crippen molar-refractivity contribution in [3.8, 4) is 5.75 Å². The van der Waals surface area contributed by atoms with Crippen molar-refractivity contribution in [3.63, 3.8) is 0 Å². The van der Waals surface area contributed by atoms with Gasteiger partial charge in [-0.15, -0.1) is 0 Å². The summed E-state index contributed by atoms with van der Waals surface area (Å²) in [5.41, 5.74) is 1.61. The highest BCUT2D eigenvalue weighted by Gasteiger charge is 2.36. The first-order chi connectivity index (χ1) is 15.0. The van der Waals surface area contributed by atoms with E-state index in [1.807, 2.05) is 35.9 Å². The standard InChI is InChI=1S/C22H21N3O4S2/c1-3-29-14-8-9-17-18(12-14)31-22(24(17)10-11-30-2)23-19(26)13-25-20(27)15-6-4-5-7-16(15)21(25)28/h4-9,12H,3,10-11,13H2,1-2H3. The summed E-state index contributed by atoms with van der Waals surface area (Å²) in [5.74, 6) is 0.161. The Morgan fingerprint density at radius 2 is 1.84 bits per heavy atom. The highest BCUT2D eigenvalue weighted by Crippen LogP contribution is 2.24. The molecule has 2 heterocycles. The molecular formula is C22H21N3O4S2. The average Bonchev–Trinajstić information content (AvgIpc) is 3.22. The lowest BCUT2D eigenvalue weighted by Gasteiger charge is -2.10. The Morgan fingerprint density at radius 1 is 1.13 bits per heavy atom. The minimum absolute atomic E-state index is 0.320. The number of ether oxygens (including phenoxy) is 1. The molecule has 0 spiro atoms. The van der Waals surface area contributed by atoms with Crippen LogP contribution in [-0.4, -0.2) is 52.3 Å². The quantitative estimate of drug-likeness (QED) is 0.511. The van der Waals surface area contributed by atoms with Crippen molar-refractivity contribution in [1.29, 1.82) is 0 Å². The summed E-state index contributed by atoms with van der Waals surface area (Å²) in [6, 6.07) is 12.4. The third-order valence-corrected chi connectivity index (χ3v) is 6.51. The van der Waals surface area contributed by atoms with Gasteiger partial charge < -0.3 is 9.30 Å². The third kappa shape index (κ3) is 4.15. The van der Waals surface area contributed by atoms with E-state index in [1.54, 1.807) is 36.0 Å². The molecule has 7 nitrogen and oxygen atoms in total. The highest BCUT2D eigenvalue weighted by atomic mass is 32.2. The van der Waals surface area contributed by atoms with Gasteiger partial charge in [0.15, 0.2) is 4.80 Å². The Balaban J connectivity index is 1.65. The van der Waals surface area contributed by atoms with Crippen LogP contribution in [0.5, 0.6) is 5.75 Å². The Labute approximate surface area is 187 Å². The fourth-order valence-corrected chi connectivity index (χ4v) is 4.92. The number of thiazole rings is 1. The van der Waals surface area contributed by atoms with Crippen LogP contribution in [-0.2, 0) is 11.3 Å². The number of hydrogen-bond donors (Lipinski definition) is 0. The topological polar surface area (TPSA) is 81.0 Å². The molecule has 0 atom stereocenters. The number of benzene rings is 2. The van der Waals surface area contributed by atoms with Crippen molar-refractivity contribution in [2.75, 3.05) is 25.2 Å². The predicted molar refractivity (Wildman–Crippen MR) is 122 cm³/mol. The van der Waals surface area contributed by atoms with Gasteiger partial charge in [-0.2, -0.15) is 16.8 Å². The molecule has 0 unspecified atom stereocenters. The zero-order chi connectivity index (χ0) is 22.0. The number of aromatic nitrogens is 1. The van der Waals surface area contributed by atoms with Crippen molar-refractivity contribution >= 4 is 51.0 Å². The molecule has 31 heavy (non-hydrogen) atoms. The summed E-state index contributed by atoms with van der Waals surface area (Å²) in [6.45, 7) is 2.80. The van der Waals surface area contributed by atoms with Crippen LogP contribution < -0.4 is 9.54 Å². The van der Waals surface area contributed by atoms with Crippen LogP contribution in [0.3, 0.4) is 0 Å². The minimum Gasteiger partial charge on any atom is -0.494 e. The van der Waals surface area contributed by atoms with Gasteiger partial charge in [0, 0.05) is 12.3 Å². The van der Waals surface area contributed by atoms with E-state index >= 15 is 0 Å². The number of rotatable bonds is 7. The monoisotopic (exact) mass is 455 g/mol. The number of nitrogens with zero attached hydrogens (tertiary/aromatic N) is 3. The van der Waals surface area contributed by atoms with Crippen LogP contribution >= 0.6 is 23.1 Å². The molecule has 0 saturated heterocycles. The van der Waals surface area contributed by atoms with Crippen LogP contribution in [0.15, 0.2) is 47.5 Å². The maximum Gasteiger partial charge on any atom is 0.268 e. The summed E-state index contributed by atoms with van der Waals surface area (Å²) in [5, 5.41) is 0. The second-order valence-electron chi connectivity index (χ2n) is 6.84. The Hall–Kier alpha value is -2.91. The van der Waals surface area contributed by atoms with E-state index in [1.165, 1.54) is 11.3 Å². The normalized spacial score (nSPS) is 13.9. The molecular weight excluding hydrogens is 434 g/mol. The van der Waals surface area contributed by atoms with Gasteiger partial charge in [0.2, 0.25) is 0 Å². The molecule has 0 radical (unpaired) electrons. The van der Waals surface area contributed by atoms with Crippen LogP contribution in [0, 0.1) is 0 Å². The third-order valence-electron chi connectivity index (χ3n) is 4.88. The van der Waals surface area contributed by atoms with Gasteiger partial charge in [-0.25, -0.2) is 0 Å².